The molecule has 0 saturated carbocycles. The Morgan fingerprint density at radius 2 is 1.97 bits per heavy atom. The normalized spacial score (nSPS) is 19.2. The molecule has 1 amide bonds. The summed E-state index contributed by atoms with van der Waals surface area (Å²) in [6.07, 6.45) is 3.35. The molecule has 2 aromatic carbocycles. The summed E-state index contributed by atoms with van der Waals surface area (Å²) >= 11 is 0. The molecule has 7 heteroatoms. The van der Waals surface area contributed by atoms with Crippen molar-refractivity contribution in [2.75, 3.05) is 24.6 Å². The molecule has 1 N–H and O–H groups in total. The number of hydrogen-bond acceptors (Lipinski definition) is 4. The second-order valence-electron chi connectivity index (χ2n) is 7.70. The van der Waals surface area contributed by atoms with Crippen LogP contribution in [0.2, 0.25) is 0 Å². The van der Waals surface area contributed by atoms with E-state index in [1.807, 2.05) is 31.2 Å². The summed E-state index contributed by atoms with van der Waals surface area (Å²) in [5.74, 6) is -0.0573. The van der Waals surface area contributed by atoms with Gasteiger partial charge in [0.05, 0.1) is 11.0 Å². The Hall–Kier alpha value is -2.22. The number of ether oxygens (including phenoxy) is 1. The molecule has 0 bridgehead atoms. The zero-order chi connectivity index (χ0) is 20.4. The van der Waals surface area contributed by atoms with Gasteiger partial charge in [0.15, 0.2) is 0 Å². The quantitative estimate of drug-likeness (QED) is 0.816. The largest absolute Gasteiger partial charge is 0.377 e. The van der Waals surface area contributed by atoms with E-state index in [2.05, 4.69) is 4.72 Å². The SMILES string of the molecule is Cc1ccc(C(=O)N2CCCc3cc(S(=O)(=O)NCC4CCCO4)ccc32)cc1. The van der Waals surface area contributed by atoms with E-state index in [9.17, 15) is 13.2 Å². The van der Waals surface area contributed by atoms with E-state index in [1.54, 1.807) is 23.1 Å². The van der Waals surface area contributed by atoms with Crippen LogP contribution in [0.5, 0.6) is 0 Å². The number of anilines is 1. The smallest absolute Gasteiger partial charge is 0.258 e. The molecule has 2 aliphatic rings. The van der Waals surface area contributed by atoms with Gasteiger partial charge in [-0.3, -0.25) is 4.79 Å². The fourth-order valence-corrected chi connectivity index (χ4v) is 5.01. The molecule has 4 rings (SSSR count). The lowest BCUT2D eigenvalue weighted by Crippen LogP contribution is -2.36. The maximum atomic E-state index is 13.0. The average Bonchev–Trinajstić information content (AvgIpc) is 3.25. The molecular weight excluding hydrogens is 388 g/mol. The number of carbonyl (C=O) groups is 1. The van der Waals surface area contributed by atoms with Gasteiger partial charge in [-0.05, 0) is 68.5 Å². The number of nitrogens with one attached hydrogen (secondary N) is 1. The third kappa shape index (κ3) is 4.37. The molecule has 0 aromatic heterocycles. The van der Waals surface area contributed by atoms with E-state index in [-0.39, 0.29) is 23.5 Å². The van der Waals surface area contributed by atoms with Gasteiger partial charge in [-0.2, -0.15) is 0 Å². The first-order valence-corrected chi connectivity index (χ1v) is 11.5. The molecule has 0 spiro atoms. The van der Waals surface area contributed by atoms with Gasteiger partial charge in [0, 0.05) is 30.9 Å². The van der Waals surface area contributed by atoms with Gasteiger partial charge < -0.3 is 9.64 Å². The zero-order valence-electron chi connectivity index (χ0n) is 16.6. The standard InChI is InChI=1S/C22H26N2O4S/c1-16-6-8-17(9-7-16)22(25)24-12-2-4-18-14-20(10-11-21(18)24)29(26,27)23-15-19-5-3-13-28-19/h6-11,14,19,23H,2-5,12-13,15H2,1H3. The lowest BCUT2D eigenvalue weighted by Gasteiger charge is -2.30. The molecule has 2 aliphatic heterocycles. The van der Waals surface area contributed by atoms with Gasteiger partial charge >= 0.3 is 0 Å². The number of sulfonamides is 1. The number of benzene rings is 2. The van der Waals surface area contributed by atoms with Crippen LogP contribution in [0.4, 0.5) is 5.69 Å². The highest BCUT2D eigenvalue weighted by Gasteiger charge is 2.26. The topological polar surface area (TPSA) is 75.7 Å². The third-order valence-electron chi connectivity index (χ3n) is 5.55. The molecule has 0 aliphatic carbocycles. The number of carbonyl (C=O) groups excluding carboxylic acids is 1. The maximum Gasteiger partial charge on any atom is 0.258 e. The van der Waals surface area contributed by atoms with Gasteiger partial charge in [-0.1, -0.05) is 17.7 Å². The van der Waals surface area contributed by atoms with Crippen LogP contribution in [-0.2, 0) is 21.2 Å². The Labute approximate surface area is 171 Å². The van der Waals surface area contributed by atoms with Gasteiger partial charge in [-0.25, -0.2) is 13.1 Å². The van der Waals surface area contributed by atoms with E-state index in [4.69, 9.17) is 4.74 Å². The minimum absolute atomic E-state index is 0.0509. The van der Waals surface area contributed by atoms with Crippen LogP contribution in [0.15, 0.2) is 47.4 Å². The van der Waals surface area contributed by atoms with Crippen LogP contribution in [0.1, 0.15) is 40.7 Å². The molecule has 2 heterocycles. The number of aryl methyl sites for hydroxylation is 2. The van der Waals surface area contributed by atoms with E-state index in [0.717, 1.165) is 42.5 Å². The van der Waals surface area contributed by atoms with Crippen molar-refractivity contribution in [3.63, 3.8) is 0 Å². The summed E-state index contributed by atoms with van der Waals surface area (Å²) in [6.45, 7) is 3.59. The second-order valence-corrected chi connectivity index (χ2v) is 9.47. The van der Waals surface area contributed by atoms with Crippen LogP contribution >= 0.6 is 0 Å². The van der Waals surface area contributed by atoms with Crippen molar-refractivity contribution in [2.45, 2.75) is 43.6 Å². The van der Waals surface area contributed by atoms with Crippen molar-refractivity contribution >= 4 is 21.6 Å². The van der Waals surface area contributed by atoms with E-state index < -0.39 is 10.0 Å². The second kappa shape index (κ2) is 8.26. The van der Waals surface area contributed by atoms with Gasteiger partial charge in [0.25, 0.3) is 5.91 Å². The van der Waals surface area contributed by atoms with E-state index >= 15 is 0 Å². The minimum atomic E-state index is -3.61. The predicted molar refractivity (Wildman–Crippen MR) is 112 cm³/mol. The fourth-order valence-electron chi connectivity index (χ4n) is 3.89. The molecule has 1 fully saturated rings. The number of amides is 1. The van der Waals surface area contributed by atoms with Crippen molar-refractivity contribution in [3.05, 3.63) is 59.2 Å². The molecule has 1 saturated heterocycles. The van der Waals surface area contributed by atoms with Crippen molar-refractivity contribution in [2.24, 2.45) is 0 Å². The Kier molecular flexibility index (Phi) is 5.72. The zero-order valence-corrected chi connectivity index (χ0v) is 17.4. The maximum absolute atomic E-state index is 13.0. The monoisotopic (exact) mass is 414 g/mol. The molecule has 2 aromatic rings. The molecule has 154 valence electrons. The van der Waals surface area contributed by atoms with Crippen molar-refractivity contribution in [1.29, 1.82) is 0 Å². The lowest BCUT2D eigenvalue weighted by molar-refractivity contribution is 0.0985. The Morgan fingerprint density at radius 1 is 1.17 bits per heavy atom. The average molecular weight is 415 g/mol. The van der Waals surface area contributed by atoms with Gasteiger partial charge in [0.2, 0.25) is 10.0 Å². The molecule has 29 heavy (non-hydrogen) atoms. The number of rotatable bonds is 5. The van der Waals surface area contributed by atoms with Crippen molar-refractivity contribution in [3.8, 4) is 0 Å². The van der Waals surface area contributed by atoms with Crippen LogP contribution in [0, 0.1) is 6.92 Å². The van der Waals surface area contributed by atoms with E-state index in [0.29, 0.717) is 18.7 Å². The highest BCUT2D eigenvalue weighted by Crippen LogP contribution is 2.30. The lowest BCUT2D eigenvalue weighted by atomic mass is 10.0. The van der Waals surface area contributed by atoms with Crippen molar-refractivity contribution in [1.82, 2.24) is 4.72 Å². The van der Waals surface area contributed by atoms with Crippen LogP contribution in [0.25, 0.3) is 0 Å². The fraction of sp³-hybridized carbons (Fsp3) is 0.409. The molecule has 6 nitrogen and oxygen atoms in total. The first kappa shape index (κ1) is 20.1. The first-order valence-electron chi connectivity index (χ1n) is 10.1. The summed E-state index contributed by atoms with van der Waals surface area (Å²) in [4.78, 5) is 15.0. The number of nitrogens with zero attached hydrogens (tertiary/aromatic N) is 1. The van der Waals surface area contributed by atoms with Gasteiger partial charge in [0.1, 0.15) is 0 Å². The Morgan fingerprint density at radius 3 is 2.69 bits per heavy atom. The van der Waals surface area contributed by atoms with E-state index in [1.165, 1.54) is 0 Å². The summed E-state index contributed by atoms with van der Waals surface area (Å²) in [7, 11) is -3.61. The predicted octanol–water partition coefficient (Wildman–Crippen LogP) is 3.05. The molecular formula is C22H26N2O4S. The summed E-state index contributed by atoms with van der Waals surface area (Å²) < 4.78 is 33.5. The third-order valence-corrected chi connectivity index (χ3v) is 6.97. The molecule has 1 unspecified atom stereocenters. The van der Waals surface area contributed by atoms with Crippen LogP contribution < -0.4 is 9.62 Å². The van der Waals surface area contributed by atoms with Crippen molar-refractivity contribution < 1.29 is 17.9 Å². The van der Waals surface area contributed by atoms with Gasteiger partial charge in [-0.15, -0.1) is 0 Å². The highest BCUT2D eigenvalue weighted by molar-refractivity contribution is 7.89. The number of hydrogen-bond donors (Lipinski definition) is 1. The Bertz CT molecular complexity index is 996. The van der Waals surface area contributed by atoms with Crippen LogP contribution in [0.3, 0.4) is 0 Å². The molecule has 0 radical (unpaired) electrons. The minimum Gasteiger partial charge on any atom is -0.377 e. The Balaban J connectivity index is 1.54. The highest BCUT2D eigenvalue weighted by atomic mass is 32.2. The summed E-state index contributed by atoms with van der Waals surface area (Å²) in [6, 6.07) is 12.5. The first-order chi connectivity index (χ1) is 13.9. The van der Waals surface area contributed by atoms with Crippen LogP contribution in [-0.4, -0.2) is 40.1 Å². The molecule has 1 atom stereocenters. The number of fused-ring (bicyclic) bond motifs is 1. The summed E-state index contributed by atoms with van der Waals surface area (Å²) in [5, 5.41) is 0. The summed E-state index contributed by atoms with van der Waals surface area (Å²) in [5.41, 5.74) is 3.42.